The Hall–Kier alpha value is -3.51. The molecule has 0 radical (unpaired) electrons. The van der Waals surface area contributed by atoms with Crippen LogP contribution in [0.2, 0.25) is 0 Å². The van der Waals surface area contributed by atoms with Gasteiger partial charge in [-0.3, -0.25) is 19.5 Å². The summed E-state index contributed by atoms with van der Waals surface area (Å²) < 4.78 is 0. The molecule has 0 aliphatic carbocycles. The summed E-state index contributed by atoms with van der Waals surface area (Å²) in [4.78, 5) is 31.3. The zero-order valence-electron chi connectivity index (χ0n) is 17.4. The van der Waals surface area contributed by atoms with Gasteiger partial charge in [0, 0.05) is 29.7 Å². The molecule has 1 fully saturated rings. The van der Waals surface area contributed by atoms with Gasteiger partial charge in [0.05, 0.1) is 0 Å². The third kappa shape index (κ3) is 5.77. The highest BCUT2D eigenvalue weighted by molar-refractivity contribution is 6.05. The van der Waals surface area contributed by atoms with Crippen molar-refractivity contribution in [3.05, 3.63) is 89.7 Å². The molecule has 6 heteroatoms. The molecule has 158 valence electrons. The monoisotopic (exact) mass is 414 g/mol. The maximum Gasteiger partial charge on any atom is 0.274 e. The molecule has 0 spiro atoms. The average Bonchev–Trinajstić information content (AvgIpc) is 2.81. The Kier molecular flexibility index (Phi) is 6.69. The fraction of sp³-hybridized carbons (Fsp3) is 0.240. The van der Waals surface area contributed by atoms with Gasteiger partial charge in [-0.2, -0.15) is 0 Å². The van der Waals surface area contributed by atoms with E-state index in [1.165, 1.54) is 24.8 Å². The van der Waals surface area contributed by atoms with Crippen LogP contribution >= 0.6 is 0 Å². The second kappa shape index (κ2) is 10.00. The summed E-state index contributed by atoms with van der Waals surface area (Å²) in [6, 6.07) is 20.0. The van der Waals surface area contributed by atoms with Crippen molar-refractivity contribution >= 4 is 23.2 Å². The van der Waals surface area contributed by atoms with Crippen LogP contribution in [-0.2, 0) is 6.54 Å². The summed E-state index contributed by atoms with van der Waals surface area (Å²) in [7, 11) is 0. The van der Waals surface area contributed by atoms with Gasteiger partial charge in [0.1, 0.15) is 5.69 Å². The molecule has 2 heterocycles. The number of hydrogen-bond acceptors (Lipinski definition) is 4. The van der Waals surface area contributed by atoms with Crippen LogP contribution in [0.5, 0.6) is 0 Å². The number of piperidine rings is 1. The first-order chi connectivity index (χ1) is 15.2. The predicted octanol–water partition coefficient (Wildman–Crippen LogP) is 4.57. The van der Waals surface area contributed by atoms with E-state index in [0.29, 0.717) is 16.9 Å². The van der Waals surface area contributed by atoms with Gasteiger partial charge >= 0.3 is 0 Å². The molecule has 2 N–H and O–H groups in total. The third-order valence-electron chi connectivity index (χ3n) is 5.34. The molecule has 31 heavy (non-hydrogen) atoms. The highest BCUT2D eigenvalue weighted by Gasteiger charge is 2.12. The molecule has 0 unspecified atom stereocenters. The van der Waals surface area contributed by atoms with E-state index in [1.807, 2.05) is 18.2 Å². The van der Waals surface area contributed by atoms with Crippen LogP contribution in [0.1, 0.15) is 45.7 Å². The van der Waals surface area contributed by atoms with Crippen molar-refractivity contribution in [2.45, 2.75) is 25.8 Å². The second-order valence-electron chi connectivity index (χ2n) is 7.74. The molecule has 1 aromatic heterocycles. The first-order valence-electron chi connectivity index (χ1n) is 10.6. The van der Waals surface area contributed by atoms with Gasteiger partial charge < -0.3 is 10.6 Å². The fourth-order valence-electron chi connectivity index (χ4n) is 3.72. The van der Waals surface area contributed by atoms with Gasteiger partial charge in [-0.05, 0) is 80.0 Å². The lowest BCUT2D eigenvalue weighted by atomic mass is 10.1. The lowest BCUT2D eigenvalue weighted by Crippen LogP contribution is -2.29. The summed E-state index contributed by atoms with van der Waals surface area (Å²) in [5.41, 5.74) is 3.46. The van der Waals surface area contributed by atoms with Crippen LogP contribution in [0.4, 0.5) is 11.4 Å². The van der Waals surface area contributed by atoms with Crippen LogP contribution in [-0.4, -0.2) is 34.8 Å². The molecular formula is C25H26N4O2. The SMILES string of the molecule is O=C(Nc1cccc(CN2CCCCC2)c1)c1ccc(NC(=O)c2ccccn2)cc1. The highest BCUT2D eigenvalue weighted by atomic mass is 16.2. The lowest BCUT2D eigenvalue weighted by molar-refractivity contribution is 0.101. The predicted molar refractivity (Wildman–Crippen MR) is 122 cm³/mol. The van der Waals surface area contributed by atoms with E-state index in [4.69, 9.17) is 0 Å². The van der Waals surface area contributed by atoms with Gasteiger partial charge in [-0.25, -0.2) is 0 Å². The molecule has 4 rings (SSSR count). The zero-order chi connectivity index (χ0) is 21.5. The van der Waals surface area contributed by atoms with Crippen molar-refractivity contribution in [3.63, 3.8) is 0 Å². The van der Waals surface area contributed by atoms with E-state index in [-0.39, 0.29) is 11.8 Å². The first-order valence-corrected chi connectivity index (χ1v) is 10.6. The summed E-state index contributed by atoms with van der Waals surface area (Å²) in [5, 5.41) is 5.75. The summed E-state index contributed by atoms with van der Waals surface area (Å²) in [5.74, 6) is -0.471. The summed E-state index contributed by atoms with van der Waals surface area (Å²) in [6.45, 7) is 3.19. The Balaban J connectivity index is 1.35. The maximum atomic E-state index is 12.7. The molecule has 0 atom stereocenters. The minimum atomic E-state index is -0.289. The number of likely N-dealkylation sites (tertiary alicyclic amines) is 1. The topological polar surface area (TPSA) is 74.3 Å². The van der Waals surface area contributed by atoms with E-state index in [0.717, 1.165) is 25.3 Å². The number of rotatable bonds is 6. The second-order valence-corrected chi connectivity index (χ2v) is 7.74. The van der Waals surface area contributed by atoms with Crippen molar-refractivity contribution in [2.24, 2.45) is 0 Å². The number of carbonyl (C=O) groups is 2. The highest BCUT2D eigenvalue weighted by Crippen LogP contribution is 2.18. The van der Waals surface area contributed by atoms with Crippen LogP contribution in [0.25, 0.3) is 0 Å². The van der Waals surface area contributed by atoms with E-state index in [2.05, 4.69) is 26.6 Å². The molecule has 0 saturated carbocycles. The number of nitrogens with zero attached hydrogens (tertiary/aromatic N) is 2. The molecule has 1 saturated heterocycles. The van der Waals surface area contributed by atoms with Crippen LogP contribution < -0.4 is 10.6 Å². The number of hydrogen-bond donors (Lipinski definition) is 2. The van der Waals surface area contributed by atoms with E-state index < -0.39 is 0 Å². The molecule has 1 aliphatic heterocycles. The number of pyridine rings is 1. The Morgan fingerprint density at radius 1 is 0.806 bits per heavy atom. The molecule has 3 aromatic rings. The Morgan fingerprint density at radius 3 is 2.32 bits per heavy atom. The number of aromatic nitrogens is 1. The van der Waals surface area contributed by atoms with Crippen molar-refractivity contribution in [1.29, 1.82) is 0 Å². The van der Waals surface area contributed by atoms with Crippen LogP contribution in [0.3, 0.4) is 0 Å². The van der Waals surface area contributed by atoms with Crippen LogP contribution in [0, 0.1) is 0 Å². The third-order valence-corrected chi connectivity index (χ3v) is 5.34. The molecule has 2 amide bonds. The van der Waals surface area contributed by atoms with E-state index in [9.17, 15) is 9.59 Å². The summed E-state index contributed by atoms with van der Waals surface area (Å²) in [6.07, 6.45) is 5.41. The number of amides is 2. The Morgan fingerprint density at radius 2 is 1.58 bits per heavy atom. The van der Waals surface area contributed by atoms with Gasteiger partial charge in [-0.1, -0.05) is 24.6 Å². The average molecular weight is 415 g/mol. The standard InChI is InChI=1S/C25H26N4O2/c30-24(28-22-8-6-7-19(17-22)18-29-15-4-1-5-16-29)20-10-12-21(13-11-20)27-25(31)23-9-2-3-14-26-23/h2-3,6-14,17H,1,4-5,15-16,18H2,(H,27,31)(H,28,30). The Bertz CT molecular complexity index is 1030. The minimum absolute atomic E-state index is 0.183. The van der Waals surface area contributed by atoms with Crippen molar-refractivity contribution in [1.82, 2.24) is 9.88 Å². The van der Waals surface area contributed by atoms with Gasteiger partial charge in [-0.15, -0.1) is 0 Å². The number of benzene rings is 2. The summed E-state index contributed by atoms with van der Waals surface area (Å²) >= 11 is 0. The number of nitrogens with one attached hydrogen (secondary N) is 2. The number of anilines is 2. The van der Waals surface area contributed by atoms with Crippen molar-refractivity contribution in [2.75, 3.05) is 23.7 Å². The van der Waals surface area contributed by atoms with Crippen LogP contribution in [0.15, 0.2) is 72.9 Å². The minimum Gasteiger partial charge on any atom is -0.322 e. The Labute approximate surface area is 182 Å². The lowest BCUT2D eigenvalue weighted by Gasteiger charge is -2.26. The van der Waals surface area contributed by atoms with Gasteiger partial charge in [0.2, 0.25) is 0 Å². The van der Waals surface area contributed by atoms with Gasteiger partial charge in [0.15, 0.2) is 0 Å². The van der Waals surface area contributed by atoms with Gasteiger partial charge in [0.25, 0.3) is 11.8 Å². The van der Waals surface area contributed by atoms with E-state index in [1.54, 1.807) is 48.7 Å². The van der Waals surface area contributed by atoms with Crippen molar-refractivity contribution < 1.29 is 9.59 Å². The number of carbonyl (C=O) groups excluding carboxylic acids is 2. The smallest absolute Gasteiger partial charge is 0.274 e. The normalized spacial score (nSPS) is 14.1. The molecule has 2 aromatic carbocycles. The van der Waals surface area contributed by atoms with E-state index >= 15 is 0 Å². The van der Waals surface area contributed by atoms with Crippen molar-refractivity contribution in [3.8, 4) is 0 Å². The molecule has 6 nitrogen and oxygen atoms in total. The molecular weight excluding hydrogens is 388 g/mol. The quantitative estimate of drug-likeness (QED) is 0.620. The maximum absolute atomic E-state index is 12.7. The largest absolute Gasteiger partial charge is 0.322 e. The molecule has 0 bridgehead atoms. The molecule has 1 aliphatic rings. The fourth-order valence-corrected chi connectivity index (χ4v) is 3.72. The first kappa shape index (κ1) is 20.8. The zero-order valence-corrected chi connectivity index (χ0v) is 17.4.